The van der Waals surface area contributed by atoms with E-state index in [1.807, 2.05) is 36.3 Å². The number of benzene rings is 1. The Labute approximate surface area is 134 Å². The topological polar surface area (TPSA) is 49.2 Å². The molecule has 118 valence electrons. The molecule has 0 saturated carbocycles. The number of aryl methyl sites for hydroxylation is 2. The second-order valence-electron chi connectivity index (χ2n) is 6.00. The molecule has 1 saturated heterocycles. The van der Waals surface area contributed by atoms with Gasteiger partial charge in [0.1, 0.15) is 11.9 Å². The minimum Gasteiger partial charge on any atom is -0.488 e. The lowest BCUT2D eigenvalue weighted by atomic mass is 10.1. The average molecular weight is 309 g/mol. The molecule has 0 amide bonds. The van der Waals surface area contributed by atoms with Crippen molar-refractivity contribution in [2.75, 3.05) is 13.2 Å². The van der Waals surface area contributed by atoms with E-state index in [9.17, 15) is 0 Å². The Balaban J connectivity index is 1.63. The number of hydrogen-bond donors (Lipinski definition) is 0. The Hall–Kier alpha value is -2.40. The molecule has 23 heavy (non-hydrogen) atoms. The molecular formula is C18H19N3O2. The molecule has 0 radical (unpaired) electrons. The zero-order valence-corrected chi connectivity index (χ0v) is 13.3. The van der Waals surface area contributed by atoms with Crippen LogP contribution >= 0.6 is 0 Å². The Morgan fingerprint density at radius 3 is 2.96 bits per heavy atom. The predicted molar refractivity (Wildman–Crippen MR) is 88.5 cm³/mol. The van der Waals surface area contributed by atoms with Gasteiger partial charge in [-0.3, -0.25) is 4.98 Å². The molecule has 2 aromatic heterocycles. The van der Waals surface area contributed by atoms with E-state index >= 15 is 0 Å². The molecule has 1 fully saturated rings. The molecule has 0 aliphatic carbocycles. The van der Waals surface area contributed by atoms with E-state index in [-0.39, 0.29) is 6.10 Å². The van der Waals surface area contributed by atoms with E-state index in [2.05, 4.69) is 29.0 Å². The first-order valence-corrected chi connectivity index (χ1v) is 7.83. The normalized spacial score (nSPS) is 17.7. The van der Waals surface area contributed by atoms with E-state index < -0.39 is 0 Å². The number of imidazole rings is 1. The van der Waals surface area contributed by atoms with Gasteiger partial charge in [-0.05, 0) is 36.8 Å². The summed E-state index contributed by atoms with van der Waals surface area (Å²) >= 11 is 0. The Morgan fingerprint density at radius 2 is 2.17 bits per heavy atom. The van der Waals surface area contributed by atoms with Crippen LogP contribution in [0.3, 0.4) is 0 Å². The standard InChI is InChI=1S/C18H19N3O2/c1-12-7-13(3-4-18(12)23-14-5-6-22-10-14)15-8-16-17(9-19-15)21(2)11-20-16/h3-4,7-9,11,14H,5-6,10H2,1-2H3. The van der Waals surface area contributed by atoms with Crippen LogP contribution in [-0.4, -0.2) is 33.9 Å². The third kappa shape index (κ3) is 2.68. The van der Waals surface area contributed by atoms with Crippen molar-refractivity contribution in [1.82, 2.24) is 14.5 Å². The fourth-order valence-electron chi connectivity index (χ4n) is 2.91. The molecule has 1 aromatic carbocycles. The number of aromatic nitrogens is 3. The minimum atomic E-state index is 0.169. The van der Waals surface area contributed by atoms with Gasteiger partial charge in [-0.2, -0.15) is 0 Å². The largest absolute Gasteiger partial charge is 0.488 e. The molecule has 0 bridgehead atoms. The number of rotatable bonds is 3. The fraction of sp³-hybridized carbons (Fsp3) is 0.333. The second-order valence-corrected chi connectivity index (χ2v) is 6.00. The molecular weight excluding hydrogens is 290 g/mol. The van der Waals surface area contributed by atoms with E-state index in [1.165, 1.54) is 0 Å². The Bertz CT molecular complexity index is 851. The summed E-state index contributed by atoms with van der Waals surface area (Å²) in [4.78, 5) is 8.96. The number of hydrogen-bond acceptors (Lipinski definition) is 4. The summed E-state index contributed by atoms with van der Waals surface area (Å²) in [6.07, 6.45) is 4.80. The Kier molecular flexibility index (Phi) is 3.50. The molecule has 0 spiro atoms. The molecule has 4 rings (SSSR count). The molecule has 1 atom stereocenters. The maximum absolute atomic E-state index is 6.01. The molecule has 1 unspecified atom stereocenters. The summed E-state index contributed by atoms with van der Waals surface area (Å²) in [5.74, 6) is 0.920. The van der Waals surface area contributed by atoms with Gasteiger partial charge in [0, 0.05) is 19.0 Å². The van der Waals surface area contributed by atoms with Gasteiger partial charge in [0.2, 0.25) is 0 Å². The second kappa shape index (κ2) is 5.66. The highest BCUT2D eigenvalue weighted by atomic mass is 16.5. The third-order valence-electron chi connectivity index (χ3n) is 4.26. The van der Waals surface area contributed by atoms with E-state index in [0.717, 1.165) is 46.6 Å². The van der Waals surface area contributed by atoms with Crippen molar-refractivity contribution in [3.05, 3.63) is 42.4 Å². The number of nitrogens with zero attached hydrogens (tertiary/aromatic N) is 3. The zero-order valence-electron chi connectivity index (χ0n) is 13.3. The van der Waals surface area contributed by atoms with Crippen LogP contribution in [0.1, 0.15) is 12.0 Å². The first kappa shape index (κ1) is 14.2. The maximum Gasteiger partial charge on any atom is 0.124 e. The minimum absolute atomic E-state index is 0.169. The fourth-order valence-corrected chi connectivity index (χ4v) is 2.91. The summed E-state index contributed by atoms with van der Waals surface area (Å²) in [6, 6.07) is 8.21. The summed E-state index contributed by atoms with van der Waals surface area (Å²) in [7, 11) is 1.97. The summed E-state index contributed by atoms with van der Waals surface area (Å²) in [6.45, 7) is 3.53. The van der Waals surface area contributed by atoms with Crippen molar-refractivity contribution in [2.45, 2.75) is 19.4 Å². The lowest BCUT2D eigenvalue weighted by Crippen LogP contribution is -2.16. The van der Waals surface area contributed by atoms with Crippen molar-refractivity contribution in [3.63, 3.8) is 0 Å². The van der Waals surface area contributed by atoms with E-state index in [1.54, 1.807) is 0 Å². The van der Waals surface area contributed by atoms with Gasteiger partial charge in [0.15, 0.2) is 0 Å². The SMILES string of the molecule is Cc1cc(-c2cc3ncn(C)c3cn2)ccc1OC1CCOC1. The first-order chi connectivity index (χ1) is 11.2. The number of fused-ring (bicyclic) bond motifs is 1. The van der Waals surface area contributed by atoms with Gasteiger partial charge in [-0.1, -0.05) is 0 Å². The van der Waals surface area contributed by atoms with E-state index in [0.29, 0.717) is 6.61 Å². The monoisotopic (exact) mass is 309 g/mol. The lowest BCUT2D eigenvalue weighted by Gasteiger charge is -2.14. The van der Waals surface area contributed by atoms with Crippen molar-refractivity contribution in [2.24, 2.45) is 7.05 Å². The molecule has 5 heteroatoms. The molecule has 1 aliphatic rings. The maximum atomic E-state index is 6.01. The molecule has 5 nitrogen and oxygen atoms in total. The molecule has 0 N–H and O–H groups in total. The van der Waals surface area contributed by atoms with Crippen LogP contribution in [0.5, 0.6) is 5.75 Å². The predicted octanol–water partition coefficient (Wildman–Crippen LogP) is 3.11. The van der Waals surface area contributed by atoms with Gasteiger partial charge >= 0.3 is 0 Å². The van der Waals surface area contributed by atoms with Gasteiger partial charge in [0.25, 0.3) is 0 Å². The lowest BCUT2D eigenvalue weighted by molar-refractivity contribution is 0.141. The molecule has 1 aliphatic heterocycles. The first-order valence-electron chi connectivity index (χ1n) is 7.83. The van der Waals surface area contributed by atoms with Gasteiger partial charge in [0.05, 0.1) is 42.5 Å². The average Bonchev–Trinajstić information content (AvgIpc) is 3.19. The molecule has 3 heterocycles. The van der Waals surface area contributed by atoms with Crippen molar-refractivity contribution in [1.29, 1.82) is 0 Å². The van der Waals surface area contributed by atoms with Crippen LogP contribution < -0.4 is 4.74 Å². The smallest absolute Gasteiger partial charge is 0.124 e. The van der Waals surface area contributed by atoms with Crippen LogP contribution in [0.2, 0.25) is 0 Å². The quantitative estimate of drug-likeness (QED) is 0.746. The zero-order chi connectivity index (χ0) is 15.8. The van der Waals surface area contributed by atoms with Crippen LogP contribution in [0.4, 0.5) is 0 Å². The van der Waals surface area contributed by atoms with E-state index in [4.69, 9.17) is 9.47 Å². The van der Waals surface area contributed by atoms with Gasteiger partial charge in [-0.25, -0.2) is 4.98 Å². The van der Waals surface area contributed by atoms with Crippen LogP contribution in [0.15, 0.2) is 36.8 Å². The molecule has 3 aromatic rings. The van der Waals surface area contributed by atoms with Gasteiger partial charge < -0.3 is 14.0 Å². The van der Waals surface area contributed by atoms with Crippen LogP contribution in [-0.2, 0) is 11.8 Å². The van der Waals surface area contributed by atoms with Crippen molar-refractivity contribution < 1.29 is 9.47 Å². The number of ether oxygens (including phenoxy) is 2. The summed E-state index contributed by atoms with van der Waals surface area (Å²) in [5.41, 5.74) is 5.10. The van der Waals surface area contributed by atoms with Crippen LogP contribution in [0.25, 0.3) is 22.3 Å². The highest BCUT2D eigenvalue weighted by molar-refractivity contribution is 5.79. The van der Waals surface area contributed by atoms with Crippen molar-refractivity contribution >= 4 is 11.0 Å². The van der Waals surface area contributed by atoms with Gasteiger partial charge in [-0.15, -0.1) is 0 Å². The summed E-state index contributed by atoms with van der Waals surface area (Å²) in [5, 5.41) is 0. The van der Waals surface area contributed by atoms with Crippen molar-refractivity contribution in [3.8, 4) is 17.0 Å². The summed E-state index contributed by atoms with van der Waals surface area (Å²) < 4.78 is 13.3. The van der Waals surface area contributed by atoms with Crippen LogP contribution in [0, 0.1) is 6.92 Å². The Morgan fingerprint density at radius 1 is 1.26 bits per heavy atom. The highest BCUT2D eigenvalue weighted by Crippen LogP contribution is 2.28. The number of pyridine rings is 1. The highest BCUT2D eigenvalue weighted by Gasteiger charge is 2.18. The third-order valence-corrected chi connectivity index (χ3v) is 4.26.